The van der Waals surface area contributed by atoms with Crippen LogP contribution in [0.5, 0.6) is 0 Å². The number of piperazine rings is 2. The van der Waals surface area contributed by atoms with Crippen LogP contribution in [-0.2, 0) is 92.8 Å². The van der Waals surface area contributed by atoms with Gasteiger partial charge in [-0.1, -0.05) is 94.4 Å². The molecule has 6 aliphatic heterocycles. The number of rotatable bonds is 29. The quantitative estimate of drug-likeness (QED) is 0.00742. The Hall–Kier alpha value is -11.7. The van der Waals surface area contributed by atoms with Crippen LogP contribution in [0.2, 0.25) is 0 Å². The highest BCUT2D eigenvalue weighted by atomic mass is 16.6. The SMILES string of the molecule is CO[C@H]1C[C@@H]2CC[C@@H](C)[C@@](O)(O2)C(=O)C(=O)N2CCCC[C@H]2C(=O)O[C@H]([C@H](C)C[C@@H]2CC[C@@H](O)[C@H](OC)C2)C[C@@H](O)[C@H](C)/C=C(\C)[C@@H](O)[C@@H](OC)/C(=N/OCC(=O)NCCOCCC(=O)NCc2cnc(N3CCN(C(=O)CCOCCN4CCN(c5ncc(C(=O)N6CCc7cc(Cn8nc(-c9ccc%10oc(N)nc%10c9)c9c(N)ncnc98)ccc7C6)cn5)CC4)CC3)nc2)[C@H](C)C[C@H](C)/C=C/C=C/C=C/1C. The van der Waals surface area contributed by atoms with Crippen molar-refractivity contribution >= 4 is 92.9 Å². The predicted molar refractivity (Wildman–Crippen MR) is 533 cm³/mol. The number of hydrogen-bond acceptors (Lipinski definition) is 34. The molecule has 5 amide bonds. The second kappa shape index (κ2) is 50.7. The molecule has 2 aromatic carbocycles. The number of carbonyl (C=O) groups is 7. The third-order valence-corrected chi connectivity index (χ3v) is 28.9. The number of carbonyl (C=O) groups excluding carboxylic acids is 7. The van der Waals surface area contributed by atoms with Crippen molar-refractivity contribution in [2.75, 3.05) is 154 Å². The van der Waals surface area contributed by atoms with Gasteiger partial charge in [-0.05, 0) is 148 Å². The average Bonchev–Trinajstić information content (AvgIpc) is 1.74. The number of hydrogen-bond donors (Lipinski definition) is 8. The van der Waals surface area contributed by atoms with Gasteiger partial charge in [0.05, 0.1) is 86.6 Å². The molecule has 0 spiro atoms. The van der Waals surface area contributed by atoms with Crippen LogP contribution < -0.4 is 31.9 Å². The molecule has 40 nitrogen and oxygen atoms in total. The number of esters is 1. The molecule has 11 heterocycles. The van der Waals surface area contributed by atoms with Gasteiger partial charge in [-0.15, -0.1) is 0 Å². The van der Waals surface area contributed by atoms with Crippen molar-refractivity contribution in [3.05, 3.63) is 143 Å². The van der Waals surface area contributed by atoms with E-state index in [0.717, 1.165) is 40.9 Å². The fraction of sp³-hybridized carbons (Fsp3) is 0.592. The van der Waals surface area contributed by atoms with Gasteiger partial charge in [-0.2, -0.15) is 10.1 Å². The average molecular weight is 1980 g/mol. The van der Waals surface area contributed by atoms with Gasteiger partial charge in [0, 0.05) is 186 Å². The minimum atomic E-state index is -2.47. The molecule has 0 radical (unpaired) electrons. The fourth-order valence-electron chi connectivity index (χ4n) is 20.3. The lowest BCUT2D eigenvalue weighted by Gasteiger charge is -2.43. The second-order valence-electron chi connectivity index (χ2n) is 39.2. The number of piperidine rings is 1. The predicted octanol–water partition coefficient (Wildman–Crippen LogP) is 7.43. The van der Waals surface area contributed by atoms with Gasteiger partial charge in [0.25, 0.3) is 29.5 Å². The summed E-state index contributed by atoms with van der Waals surface area (Å²) < 4.78 is 49.3. The molecule has 143 heavy (non-hydrogen) atoms. The van der Waals surface area contributed by atoms with Crippen molar-refractivity contribution < 1.29 is 96.4 Å². The number of ketones is 1. The maximum absolute atomic E-state index is 14.8. The van der Waals surface area contributed by atoms with Gasteiger partial charge < -0.3 is 109 Å². The van der Waals surface area contributed by atoms with E-state index in [1.807, 2.05) is 89.6 Å². The number of Topliss-reactive ketones (excluding diaryl/α,β-unsaturated/α-hetero) is 1. The van der Waals surface area contributed by atoms with Crippen molar-refractivity contribution in [1.82, 2.24) is 74.9 Å². The van der Waals surface area contributed by atoms with Crippen LogP contribution in [0.1, 0.15) is 171 Å². The van der Waals surface area contributed by atoms with Crippen LogP contribution in [0.15, 0.2) is 125 Å². The number of fused-ring (bicyclic) bond motifs is 6. The largest absolute Gasteiger partial charge is 0.460 e. The van der Waals surface area contributed by atoms with E-state index in [0.29, 0.717) is 211 Å². The normalized spacial score (nSPS) is 27.4. The Morgan fingerprint density at radius 1 is 0.699 bits per heavy atom. The molecule has 40 heteroatoms. The highest BCUT2D eigenvalue weighted by molar-refractivity contribution is 6.39. The van der Waals surface area contributed by atoms with Crippen molar-refractivity contribution in [3.8, 4) is 11.3 Å². The summed E-state index contributed by atoms with van der Waals surface area (Å²) >= 11 is 0. The van der Waals surface area contributed by atoms with E-state index < -0.39 is 102 Å². The number of aliphatic hydroxyl groups is 4. The highest BCUT2D eigenvalue weighted by Crippen LogP contribution is 2.40. The maximum atomic E-state index is 14.8. The van der Waals surface area contributed by atoms with Gasteiger partial charge in [-0.25, -0.2) is 39.4 Å². The Labute approximate surface area is 834 Å². The van der Waals surface area contributed by atoms with Gasteiger partial charge in [0.1, 0.15) is 47.7 Å². The van der Waals surface area contributed by atoms with E-state index in [1.54, 1.807) is 71.9 Å². The number of aliphatic hydroxyl groups excluding tert-OH is 3. The molecule has 5 aromatic heterocycles. The number of ether oxygens (including phenoxy) is 7. The van der Waals surface area contributed by atoms with Crippen LogP contribution >= 0.6 is 0 Å². The molecule has 2 bridgehead atoms. The third kappa shape index (κ3) is 27.9. The molecule has 16 atom stereocenters. The first-order valence-electron chi connectivity index (χ1n) is 50.3. The van der Waals surface area contributed by atoms with Crippen molar-refractivity contribution in [2.45, 2.75) is 225 Å². The first-order chi connectivity index (χ1) is 68.9. The Bertz CT molecular complexity index is 5640. The summed E-state index contributed by atoms with van der Waals surface area (Å²) in [6.07, 6.45) is 18.9. The second-order valence-corrected chi connectivity index (χ2v) is 39.2. The summed E-state index contributed by atoms with van der Waals surface area (Å²) in [7, 11) is 4.58. The monoisotopic (exact) mass is 1980 g/mol. The number of anilines is 4. The summed E-state index contributed by atoms with van der Waals surface area (Å²) in [5.74, 6) is -6.97. The summed E-state index contributed by atoms with van der Waals surface area (Å²) in [4.78, 5) is 146. The summed E-state index contributed by atoms with van der Waals surface area (Å²) in [5.41, 5.74) is 21.4. The number of nitrogens with zero attached hydrogens (tertiary/aromatic N) is 16. The molecule has 5 fully saturated rings. The Balaban J connectivity index is 0.482. The number of amides is 5. The lowest BCUT2D eigenvalue weighted by molar-refractivity contribution is -0.265. The summed E-state index contributed by atoms with van der Waals surface area (Å²) in [6, 6.07) is 10.7. The number of allylic oxidation sites excluding steroid dienone is 5. The maximum Gasteiger partial charge on any atom is 0.329 e. The molecular weight excluding hydrogens is 1840 g/mol. The van der Waals surface area contributed by atoms with Gasteiger partial charge in [-0.3, -0.25) is 33.7 Å². The molecular formula is C103H142N20O20. The van der Waals surface area contributed by atoms with Crippen molar-refractivity contribution in [1.29, 1.82) is 0 Å². The number of methoxy groups -OCH3 is 3. The summed E-state index contributed by atoms with van der Waals surface area (Å²) in [5, 5.41) is 63.1. The van der Waals surface area contributed by atoms with Crippen LogP contribution in [0.4, 0.5) is 23.7 Å². The van der Waals surface area contributed by atoms with Crippen LogP contribution in [-0.4, -0.2) is 325 Å². The fourth-order valence-corrected chi connectivity index (χ4v) is 20.3. The first kappa shape index (κ1) is 107. The molecule has 774 valence electrons. The smallest absolute Gasteiger partial charge is 0.329 e. The molecule has 7 aliphatic rings. The Kier molecular flexibility index (Phi) is 38.0. The number of nitrogens with one attached hydrogen (secondary N) is 2. The number of oxazole rings is 1. The zero-order chi connectivity index (χ0) is 102. The number of nitrogens with two attached hydrogens (primary N) is 2. The molecule has 1 aliphatic carbocycles. The van der Waals surface area contributed by atoms with E-state index in [9.17, 15) is 54.0 Å². The molecule has 10 N–H and O–H groups in total. The highest BCUT2D eigenvalue weighted by Gasteiger charge is 2.54. The third-order valence-electron chi connectivity index (χ3n) is 28.9. The van der Waals surface area contributed by atoms with Gasteiger partial charge in [0.2, 0.25) is 29.5 Å². The standard InChI is InChI=1S/C103H142N20O20/c1-63-16-12-11-13-17-64(2)83(135-8)52-77-24-19-69(7)103(134,143-77)94(130)98(132)122-31-15-14-18-79(122)99(133)141-84(66(4)48-70-21-25-80(124)85(50-70)136-9)53-81(125)65(3)47-68(6)92(129)93(137-10)90(67(5)46-63)116-140-61-87(127)106-30-44-138-42-28-86(126)107-54-72-55-108-101(109-56-72)120-39-37-118(38-40-120)88(128)29-43-139-45-41-117-33-35-119(36-34-117)102-110-57-76(58-111-102)97(131)121-32-27-73-49-71(20-22-75(73)60-121)59-123-96-89(95(104)112-62-113-96)91(115-123)74-23-26-82-78(51-74)114-100(105)142-82/h11-13,16-17,20,22-23,26,47,49,51,55-58,62-63,65-67,69-70,77,79-81,83-85,92-93,124-125,129,134H,14-15,18-19,21,24-25,27-46,48,50,52-54,59-61H2,1-10H3,(H2,105,114)(H,106,127)(H,107,126)(H2,104,112,113)/b13-11+,16-12+,64-17+,68-47+,116-90+/t63-,65-,66-,67-,69-,70+,77+,79+,80-,81-,83+,84+,85-,92-,93+,103-/m1/s1. The van der Waals surface area contributed by atoms with E-state index >= 15 is 0 Å². The van der Waals surface area contributed by atoms with Gasteiger partial charge in [0.15, 0.2) is 17.8 Å². The first-order valence-corrected chi connectivity index (χ1v) is 50.3. The van der Waals surface area contributed by atoms with E-state index in [2.05, 4.69) is 78.7 Å². The summed E-state index contributed by atoms with van der Waals surface area (Å²) in [6.45, 7) is 21.0. The zero-order valence-electron chi connectivity index (χ0n) is 83.9. The van der Waals surface area contributed by atoms with Gasteiger partial charge >= 0.3 is 5.97 Å². The van der Waals surface area contributed by atoms with E-state index in [4.69, 9.17) is 59.0 Å². The van der Waals surface area contributed by atoms with Crippen molar-refractivity contribution in [2.24, 2.45) is 40.7 Å². The Morgan fingerprint density at radius 3 is 2.19 bits per heavy atom. The lowest BCUT2D eigenvalue weighted by atomic mass is 9.78. The number of nitrogen functional groups attached to an aromatic ring is 2. The molecule has 0 unspecified atom stereocenters. The van der Waals surface area contributed by atoms with E-state index in [1.165, 1.54) is 18.3 Å². The number of benzene rings is 2. The minimum Gasteiger partial charge on any atom is -0.460 e. The lowest BCUT2D eigenvalue weighted by Crippen LogP contribution is -2.61. The molecule has 4 saturated heterocycles. The van der Waals surface area contributed by atoms with Crippen LogP contribution in [0.3, 0.4) is 0 Å². The molecule has 1 saturated carbocycles. The minimum absolute atomic E-state index is 0.0212. The number of cyclic esters (lactones) is 1. The zero-order valence-corrected chi connectivity index (χ0v) is 83.9. The number of oxime groups is 1. The molecule has 7 aromatic rings. The topological polar surface area (TPSA) is 503 Å². The van der Waals surface area contributed by atoms with E-state index in [-0.39, 0.29) is 113 Å². The number of aromatic nitrogens is 9. The van der Waals surface area contributed by atoms with Crippen molar-refractivity contribution in [3.63, 3.8) is 0 Å². The van der Waals surface area contributed by atoms with Crippen LogP contribution in [0, 0.1) is 35.5 Å². The van der Waals surface area contributed by atoms with Crippen LogP contribution in [0.25, 0.3) is 33.4 Å². The molecule has 14 rings (SSSR count). The Morgan fingerprint density at radius 2 is 1.44 bits per heavy atom.